The van der Waals surface area contributed by atoms with E-state index in [1.54, 1.807) is 12.1 Å². The molecule has 1 saturated heterocycles. The molecular weight excluding hydrogens is 342 g/mol. The van der Waals surface area contributed by atoms with Gasteiger partial charge in [0.2, 0.25) is 11.8 Å². The van der Waals surface area contributed by atoms with Crippen LogP contribution in [-0.2, 0) is 25.7 Å². The zero-order chi connectivity index (χ0) is 15.4. The molecule has 2 rings (SSSR count). The van der Waals surface area contributed by atoms with Crippen LogP contribution in [0.1, 0.15) is 18.4 Å². The summed E-state index contributed by atoms with van der Waals surface area (Å²) in [6.07, 6.45) is 0.317. The number of benzene rings is 1. The minimum Gasteiger partial charge on any atom is -0.496 e. The normalized spacial score (nSPS) is 14.5. The fourth-order valence-corrected chi connectivity index (χ4v) is 2.40. The quantitative estimate of drug-likeness (QED) is 0.593. The van der Waals surface area contributed by atoms with Crippen molar-refractivity contribution in [1.82, 2.24) is 4.90 Å². The first kappa shape index (κ1) is 15.5. The number of hydrogen-bond acceptors (Lipinski definition) is 5. The summed E-state index contributed by atoms with van der Waals surface area (Å²) in [6, 6.07) is 5.34. The largest absolute Gasteiger partial charge is 0.496 e. The lowest BCUT2D eigenvalue weighted by molar-refractivity contribution is -0.153. The Morgan fingerprint density at radius 1 is 1.29 bits per heavy atom. The highest BCUT2D eigenvalue weighted by atomic mass is 79.9. The van der Waals surface area contributed by atoms with Gasteiger partial charge in [-0.1, -0.05) is 15.9 Å². The highest BCUT2D eigenvalue weighted by Gasteiger charge is 2.30. The van der Waals surface area contributed by atoms with Crippen LogP contribution in [0.15, 0.2) is 22.7 Å². The third-order valence-electron chi connectivity index (χ3n) is 3.07. The summed E-state index contributed by atoms with van der Waals surface area (Å²) in [5.74, 6) is -0.700. The molecule has 0 saturated carbocycles. The Morgan fingerprint density at radius 2 is 1.95 bits per heavy atom. The molecule has 112 valence electrons. The number of methoxy groups -OCH3 is 1. The van der Waals surface area contributed by atoms with E-state index in [-0.39, 0.29) is 37.8 Å². The number of halogens is 1. The predicted octanol–water partition coefficient (Wildman–Crippen LogP) is 1.65. The van der Waals surface area contributed by atoms with Crippen molar-refractivity contribution in [2.75, 3.05) is 13.7 Å². The van der Waals surface area contributed by atoms with Crippen LogP contribution in [0.5, 0.6) is 5.75 Å². The molecule has 0 radical (unpaired) electrons. The Balaban J connectivity index is 1.94. The van der Waals surface area contributed by atoms with Gasteiger partial charge < -0.3 is 9.47 Å². The molecule has 0 aromatic heterocycles. The number of esters is 1. The second-order valence-corrected chi connectivity index (χ2v) is 5.41. The maximum Gasteiger partial charge on any atom is 0.326 e. The maximum atomic E-state index is 11.7. The summed E-state index contributed by atoms with van der Waals surface area (Å²) in [4.78, 5) is 35.5. The predicted molar refractivity (Wildman–Crippen MR) is 76.4 cm³/mol. The first-order chi connectivity index (χ1) is 10.0. The van der Waals surface area contributed by atoms with Crippen molar-refractivity contribution in [2.24, 2.45) is 0 Å². The van der Waals surface area contributed by atoms with E-state index < -0.39 is 5.97 Å². The molecule has 7 heteroatoms. The molecule has 1 aromatic rings. The van der Waals surface area contributed by atoms with Gasteiger partial charge in [0, 0.05) is 22.9 Å². The Hall–Kier alpha value is -1.89. The Bertz CT molecular complexity index is 571. The van der Waals surface area contributed by atoms with Gasteiger partial charge in [-0.05, 0) is 18.2 Å². The monoisotopic (exact) mass is 355 g/mol. The molecule has 6 nitrogen and oxygen atoms in total. The summed E-state index contributed by atoms with van der Waals surface area (Å²) in [5.41, 5.74) is 0.694. The second kappa shape index (κ2) is 6.71. The lowest BCUT2D eigenvalue weighted by Crippen LogP contribution is -2.35. The van der Waals surface area contributed by atoms with Gasteiger partial charge in [0.05, 0.1) is 7.11 Å². The van der Waals surface area contributed by atoms with E-state index in [0.717, 1.165) is 9.37 Å². The number of rotatable bonds is 5. The number of carbonyl (C=O) groups is 3. The maximum absolute atomic E-state index is 11.7. The SMILES string of the molecule is COc1ccc(Br)cc1COC(=O)CN1C(=O)CCC1=O. The Labute approximate surface area is 130 Å². The van der Waals surface area contributed by atoms with Crippen LogP contribution >= 0.6 is 15.9 Å². The van der Waals surface area contributed by atoms with E-state index in [0.29, 0.717) is 11.3 Å². The molecule has 1 aliphatic rings. The number of nitrogens with zero attached hydrogens (tertiary/aromatic N) is 1. The van der Waals surface area contributed by atoms with Gasteiger partial charge in [0.15, 0.2) is 0 Å². The first-order valence-electron chi connectivity index (χ1n) is 6.32. The van der Waals surface area contributed by atoms with Gasteiger partial charge in [0.25, 0.3) is 0 Å². The van der Waals surface area contributed by atoms with Crippen molar-refractivity contribution in [3.63, 3.8) is 0 Å². The molecule has 2 amide bonds. The van der Waals surface area contributed by atoms with E-state index >= 15 is 0 Å². The van der Waals surface area contributed by atoms with E-state index in [2.05, 4.69) is 15.9 Å². The molecule has 0 aliphatic carbocycles. The van der Waals surface area contributed by atoms with Crippen LogP contribution in [0.4, 0.5) is 0 Å². The zero-order valence-corrected chi connectivity index (χ0v) is 13.0. The summed E-state index contributed by atoms with van der Waals surface area (Å²) in [7, 11) is 1.52. The molecule has 0 spiro atoms. The lowest BCUT2D eigenvalue weighted by Gasteiger charge is -2.14. The van der Waals surface area contributed by atoms with Gasteiger partial charge in [-0.3, -0.25) is 19.3 Å². The van der Waals surface area contributed by atoms with E-state index in [1.807, 2.05) is 6.07 Å². The number of hydrogen-bond donors (Lipinski definition) is 0. The molecule has 0 unspecified atom stereocenters. The summed E-state index contributed by atoms with van der Waals surface area (Å²) in [6.45, 7) is -0.328. The van der Waals surface area contributed by atoms with Crippen LogP contribution in [0.25, 0.3) is 0 Å². The molecule has 0 bridgehead atoms. The molecule has 1 aromatic carbocycles. The zero-order valence-electron chi connectivity index (χ0n) is 11.4. The van der Waals surface area contributed by atoms with E-state index in [1.165, 1.54) is 7.11 Å². The summed E-state index contributed by atoms with van der Waals surface area (Å²) in [5, 5.41) is 0. The smallest absolute Gasteiger partial charge is 0.326 e. The molecular formula is C14H14BrNO5. The minimum atomic E-state index is -0.624. The fourth-order valence-electron chi connectivity index (χ4n) is 1.99. The molecule has 1 heterocycles. The van der Waals surface area contributed by atoms with E-state index in [9.17, 15) is 14.4 Å². The summed E-state index contributed by atoms with van der Waals surface area (Å²) < 4.78 is 11.1. The van der Waals surface area contributed by atoms with Gasteiger partial charge in [-0.2, -0.15) is 0 Å². The highest BCUT2D eigenvalue weighted by molar-refractivity contribution is 9.10. The Morgan fingerprint density at radius 3 is 2.57 bits per heavy atom. The van der Waals surface area contributed by atoms with Crippen LogP contribution in [0.2, 0.25) is 0 Å². The van der Waals surface area contributed by atoms with Crippen LogP contribution < -0.4 is 4.74 Å². The fraction of sp³-hybridized carbons (Fsp3) is 0.357. The average molecular weight is 356 g/mol. The molecule has 0 N–H and O–H groups in total. The van der Waals surface area contributed by atoms with Crippen molar-refractivity contribution < 1.29 is 23.9 Å². The van der Waals surface area contributed by atoms with Gasteiger partial charge in [-0.25, -0.2) is 0 Å². The lowest BCUT2D eigenvalue weighted by atomic mass is 10.2. The molecule has 21 heavy (non-hydrogen) atoms. The highest BCUT2D eigenvalue weighted by Crippen LogP contribution is 2.23. The number of carbonyl (C=O) groups excluding carboxylic acids is 3. The van der Waals surface area contributed by atoms with Gasteiger partial charge >= 0.3 is 5.97 Å². The van der Waals surface area contributed by atoms with Crippen LogP contribution in [0.3, 0.4) is 0 Å². The third kappa shape index (κ3) is 3.81. The molecule has 1 aliphatic heterocycles. The number of amides is 2. The van der Waals surface area contributed by atoms with Crippen molar-refractivity contribution in [3.05, 3.63) is 28.2 Å². The topological polar surface area (TPSA) is 72.9 Å². The second-order valence-electron chi connectivity index (χ2n) is 4.49. The minimum absolute atomic E-state index is 0.0116. The van der Waals surface area contributed by atoms with Gasteiger partial charge in [0.1, 0.15) is 18.9 Å². The van der Waals surface area contributed by atoms with Crippen molar-refractivity contribution in [2.45, 2.75) is 19.4 Å². The Kier molecular flexibility index (Phi) is 4.95. The van der Waals surface area contributed by atoms with Crippen LogP contribution in [0, 0.1) is 0 Å². The van der Waals surface area contributed by atoms with Crippen molar-refractivity contribution in [1.29, 1.82) is 0 Å². The molecule has 1 fully saturated rings. The summed E-state index contributed by atoms with van der Waals surface area (Å²) >= 11 is 3.33. The molecule has 0 atom stereocenters. The number of ether oxygens (including phenoxy) is 2. The van der Waals surface area contributed by atoms with E-state index in [4.69, 9.17) is 9.47 Å². The van der Waals surface area contributed by atoms with Crippen LogP contribution in [-0.4, -0.2) is 36.3 Å². The first-order valence-corrected chi connectivity index (χ1v) is 7.12. The van der Waals surface area contributed by atoms with Crippen molar-refractivity contribution in [3.8, 4) is 5.75 Å². The standard InChI is InChI=1S/C14H14BrNO5/c1-20-11-3-2-10(15)6-9(11)8-21-14(19)7-16-12(17)4-5-13(16)18/h2-3,6H,4-5,7-8H2,1H3. The van der Waals surface area contributed by atoms with Gasteiger partial charge in [-0.15, -0.1) is 0 Å². The number of likely N-dealkylation sites (tertiary alicyclic amines) is 1. The average Bonchev–Trinajstić information content (AvgIpc) is 2.77. The number of imide groups is 1. The van der Waals surface area contributed by atoms with Crippen molar-refractivity contribution >= 4 is 33.7 Å². The third-order valence-corrected chi connectivity index (χ3v) is 3.57.